The van der Waals surface area contributed by atoms with Gasteiger partial charge in [-0.05, 0) is 31.9 Å². The van der Waals surface area contributed by atoms with Crippen molar-refractivity contribution in [2.75, 3.05) is 6.54 Å². The van der Waals surface area contributed by atoms with Crippen LogP contribution in [-0.4, -0.2) is 18.5 Å². The third-order valence-electron chi connectivity index (χ3n) is 3.25. The van der Waals surface area contributed by atoms with Gasteiger partial charge in [0, 0.05) is 23.2 Å². The molecule has 2 rings (SSSR count). The molecule has 1 saturated heterocycles. The van der Waals surface area contributed by atoms with Crippen molar-refractivity contribution in [1.29, 1.82) is 0 Å². The molecule has 1 aliphatic heterocycles. The highest BCUT2D eigenvalue weighted by molar-refractivity contribution is 6.36. The number of amides is 1. The van der Waals surface area contributed by atoms with E-state index in [2.05, 4.69) is 10.6 Å². The van der Waals surface area contributed by atoms with Gasteiger partial charge in [0.15, 0.2) is 0 Å². The fourth-order valence-electron chi connectivity index (χ4n) is 2.26. The molecule has 0 bridgehead atoms. The Morgan fingerprint density at radius 2 is 2.21 bits per heavy atom. The van der Waals surface area contributed by atoms with E-state index >= 15 is 0 Å². The van der Waals surface area contributed by atoms with E-state index in [4.69, 9.17) is 23.2 Å². The first-order valence-corrected chi connectivity index (χ1v) is 6.93. The largest absolute Gasteiger partial charge is 0.355 e. The molecule has 1 fully saturated rings. The Hall–Kier alpha value is -0.840. The van der Waals surface area contributed by atoms with Gasteiger partial charge in [-0.15, -0.1) is 0 Å². The number of rotatable bonds is 3. The summed E-state index contributed by atoms with van der Waals surface area (Å²) in [4.78, 5) is 11.7. The van der Waals surface area contributed by atoms with E-state index in [0.717, 1.165) is 12.8 Å². The molecule has 6 heteroatoms. The van der Waals surface area contributed by atoms with Crippen LogP contribution in [-0.2, 0) is 4.79 Å². The zero-order valence-corrected chi connectivity index (χ0v) is 12.0. The van der Waals surface area contributed by atoms with Crippen LogP contribution in [0, 0.1) is 5.82 Å². The van der Waals surface area contributed by atoms with E-state index in [0.29, 0.717) is 17.1 Å². The highest BCUT2D eigenvalue weighted by Crippen LogP contribution is 2.32. The molecule has 2 atom stereocenters. The molecule has 1 amide bonds. The summed E-state index contributed by atoms with van der Waals surface area (Å²) in [5, 5.41) is 6.33. The standard InChI is InChI=1S/C13H15Cl2FN2O/c1-7(18-10-3-2-6-17-13(10)19)11-8(14)4-5-9(16)12(11)15/h4-5,7,10,18H,2-3,6H2,1H3,(H,17,19). The Bertz CT molecular complexity index is 496. The third-order valence-corrected chi connectivity index (χ3v) is 3.96. The molecule has 1 heterocycles. The SMILES string of the molecule is CC(NC1CCCNC1=O)c1c(Cl)ccc(F)c1Cl. The van der Waals surface area contributed by atoms with Crippen LogP contribution in [0.15, 0.2) is 12.1 Å². The van der Waals surface area contributed by atoms with Gasteiger partial charge in [-0.25, -0.2) is 4.39 Å². The minimum atomic E-state index is -0.511. The molecule has 0 aliphatic carbocycles. The average Bonchev–Trinajstić information content (AvgIpc) is 2.37. The topological polar surface area (TPSA) is 41.1 Å². The number of carbonyl (C=O) groups excluding carboxylic acids is 1. The molecule has 1 aliphatic rings. The molecular formula is C13H15Cl2FN2O. The molecule has 104 valence electrons. The lowest BCUT2D eigenvalue weighted by atomic mass is 10.0. The van der Waals surface area contributed by atoms with Gasteiger partial charge in [0.2, 0.25) is 5.91 Å². The summed E-state index contributed by atoms with van der Waals surface area (Å²) < 4.78 is 13.5. The maximum Gasteiger partial charge on any atom is 0.237 e. The third kappa shape index (κ3) is 3.19. The first-order valence-electron chi connectivity index (χ1n) is 6.18. The number of nitrogens with one attached hydrogen (secondary N) is 2. The van der Waals surface area contributed by atoms with Gasteiger partial charge in [-0.2, -0.15) is 0 Å². The zero-order valence-electron chi connectivity index (χ0n) is 10.5. The Balaban J connectivity index is 2.18. The minimum Gasteiger partial charge on any atom is -0.355 e. The van der Waals surface area contributed by atoms with Crippen molar-refractivity contribution in [3.8, 4) is 0 Å². The van der Waals surface area contributed by atoms with E-state index in [1.807, 2.05) is 6.92 Å². The zero-order chi connectivity index (χ0) is 14.0. The van der Waals surface area contributed by atoms with Crippen molar-refractivity contribution in [1.82, 2.24) is 10.6 Å². The lowest BCUT2D eigenvalue weighted by molar-refractivity contribution is -0.124. The molecular weight excluding hydrogens is 290 g/mol. The molecule has 0 radical (unpaired) electrons. The molecule has 1 aromatic rings. The molecule has 0 saturated carbocycles. The predicted octanol–water partition coefficient (Wildman–Crippen LogP) is 3.06. The second-order valence-electron chi connectivity index (χ2n) is 4.63. The van der Waals surface area contributed by atoms with Gasteiger partial charge < -0.3 is 5.32 Å². The van der Waals surface area contributed by atoms with Crippen LogP contribution in [0.1, 0.15) is 31.4 Å². The summed E-state index contributed by atoms with van der Waals surface area (Å²) in [5.41, 5.74) is 0.488. The quantitative estimate of drug-likeness (QED) is 0.843. The predicted molar refractivity (Wildman–Crippen MR) is 74.0 cm³/mol. The molecule has 3 nitrogen and oxygen atoms in total. The number of benzene rings is 1. The van der Waals surface area contributed by atoms with Crippen molar-refractivity contribution in [3.63, 3.8) is 0 Å². The summed E-state index contributed by atoms with van der Waals surface area (Å²) in [7, 11) is 0. The number of hydrogen-bond acceptors (Lipinski definition) is 2. The second-order valence-corrected chi connectivity index (χ2v) is 5.42. The Morgan fingerprint density at radius 3 is 2.89 bits per heavy atom. The van der Waals surface area contributed by atoms with Crippen LogP contribution < -0.4 is 10.6 Å². The van der Waals surface area contributed by atoms with E-state index in [1.54, 1.807) is 0 Å². The van der Waals surface area contributed by atoms with Crippen LogP contribution in [0.4, 0.5) is 4.39 Å². The van der Waals surface area contributed by atoms with Crippen LogP contribution in [0.25, 0.3) is 0 Å². The maximum absolute atomic E-state index is 13.5. The summed E-state index contributed by atoms with van der Waals surface area (Å²) in [6.45, 7) is 2.52. The Kier molecular flexibility index (Phi) is 4.66. The number of piperidine rings is 1. The first kappa shape index (κ1) is 14.6. The van der Waals surface area contributed by atoms with E-state index < -0.39 is 5.82 Å². The van der Waals surface area contributed by atoms with E-state index in [9.17, 15) is 9.18 Å². The van der Waals surface area contributed by atoms with Crippen molar-refractivity contribution in [2.24, 2.45) is 0 Å². The van der Waals surface area contributed by atoms with Crippen LogP contribution in [0.3, 0.4) is 0 Å². The normalized spacial score (nSPS) is 21.1. The highest BCUT2D eigenvalue weighted by Gasteiger charge is 2.25. The lowest BCUT2D eigenvalue weighted by Gasteiger charge is -2.27. The van der Waals surface area contributed by atoms with Crippen LogP contribution in [0.5, 0.6) is 0 Å². The van der Waals surface area contributed by atoms with E-state index in [-0.39, 0.29) is 23.0 Å². The molecule has 2 N–H and O–H groups in total. The minimum absolute atomic E-state index is 0.00344. The Morgan fingerprint density at radius 1 is 1.47 bits per heavy atom. The first-order chi connectivity index (χ1) is 9.00. The van der Waals surface area contributed by atoms with Gasteiger partial charge in [0.1, 0.15) is 5.82 Å². The number of hydrogen-bond donors (Lipinski definition) is 2. The van der Waals surface area contributed by atoms with Crippen LogP contribution >= 0.6 is 23.2 Å². The van der Waals surface area contributed by atoms with Crippen LogP contribution in [0.2, 0.25) is 10.0 Å². The van der Waals surface area contributed by atoms with Gasteiger partial charge >= 0.3 is 0 Å². The van der Waals surface area contributed by atoms with Crippen molar-refractivity contribution >= 4 is 29.1 Å². The summed E-state index contributed by atoms with van der Waals surface area (Å²) in [6, 6.07) is 2.11. The fraction of sp³-hybridized carbons (Fsp3) is 0.462. The number of halogens is 3. The fourth-order valence-corrected chi connectivity index (χ4v) is 2.95. The monoisotopic (exact) mass is 304 g/mol. The van der Waals surface area contributed by atoms with Crippen molar-refractivity contribution < 1.29 is 9.18 Å². The maximum atomic E-state index is 13.5. The van der Waals surface area contributed by atoms with Gasteiger partial charge in [0.25, 0.3) is 0 Å². The summed E-state index contributed by atoms with van der Waals surface area (Å²) in [6.07, 6.45) is 1.67. The molecule has 0 aromatic heterocycles. The van der Waals surface area contributed by atoms with Gasteiger partial charge in [0.05, 0.1) is 11.1 Å². The van der Waals surface area contributed by atoms with Crippen molar-refractivity contribution in [3.05, 3.63) is 33.6 Å². The van der Waals surface area contributed by atoms with Gasteiger partial charge in [-0.1, -0.05) is 23.2 Å². The second kappa shape index (κ2) is 6.07. The summed E-state index contributed by atoms with van der Waals surface area (Å²) >= 11 is 12.0. The van der Waals surface area contributed by atoms with Crippen molar-refractivity contribution in [2.45, 2.75) is 31.8 Å². The van der Waals surface area contributed by atoms with Gasteiger partial charge in [-0.3, -0.25) is 10.1 Å². The number of carbonyl (C=O) groups is 1. The smallest absolute Gasteiger partial charge is 0.237 e. The lowest BCUT2D eigenvalue weighted by Crippen LogP contribution is -2.48. The average molecular weight is 305 g/mol. The Labute approximate surface area is 121 Å². The molecule has 2 unspecified atom stereocenters. The molecule has 0 spiro atoms. The summed E-state index contributed by atoms with van der Waals surface area (Å²) in [5.74, 6) is -0.551. The highest BCUT2D eigenvalue weighted by atomic mass is 35.5. The molecule has 1 aromatic carbocycles. The van der Waals surface area contributed by atoms with E-state index in [1.165, 1.54) is 12.1 Å². The molecule has 19 heavy (non-hydrogen) atoms.